The van der Waals surface area contributed by atoms with Crippen LogP contribution in [0.4, 0.5) is 4.39 Å². The molecule has 1 unspecified atom stereocenters. The lowest BCUT2D eigenvalue weighted by atomic mass is 9.87. The van der Waals surface area contributed by atoms with Crippen LogP contribution in [0.15, 0.2) is 83.3 Å². The third kappa shape index (κ3) is 5.31. The number of carbonyl (C=O) groups is 2. The molecule has 1 aliphatic rings. The van der Waals surface area contributed by atoms with Crippen LogP contribution in [0.3, 0.4) is 0 Å². The van der Waals surface area contributed by atoms with Gasteiger partial charge in [0.25, 0.3) is 11.8 Å². The Kier molecular flexibility index (Phi) is 7.14. The van der Waals surface area contributed by atoms with Crippen molar-refractivity contribution in [2.75, 3.05) is 13.1 Å². The number of furan rings is 1. The van der Waals surface area contributed by atoms with E-state index in [9.17, 15) is 14.0 Å². The van der Waals surface area contributed by atoms with Gasteiger partial charge in [0, 0.05) is 18.5 Å². The van der Waals surface area contributed by atoms with Gasteiger partial charge in [-0.25, -0.2) is 9.37 Å². The van der Waals surface area contributed by atoms with E-state index >= 15 is 0 Å². The van der Waals surface area contributed by atoms with Gasteiger partial charge in [-0.15, -0.1) is 17.9 Å². The highest BCUT2D eigenvalue weighted by Gasteiger charge is 2.34. The highest BCUT2D eigenvalue weighted by Crippen LogP contribution is 2.38. The van der Waals surface area contributed by atoms with Crippen molar-refractivity contribution in [1.29, 1.82) is 0 Å². The molecule has 2 aromatic heterocycles. The molecule has 188 valence electrons. The molecule has 2 amide bonds. The van der Waals surface area contributed by atoms with Gasteiger partial charge >= 0.3 is 0 Å². The van der Waals surface area contributed by atoms with Gasteiger partial charge in [-0.05, 0) is 59.5 Å². The lowest BCUT2D eigenvalue weighted by Crippen LogP contribution is -2.40. The Morgan fingerprint density at radius 2 is 2.08 bits per heavy atom. The van der Waals surface area contributed by atoms with Crippen molar-refractivity contribution in [2.45, 2.75) is 19.1 Å². The number of thiazole rings is 1. The van der Waals surface area contributed by atoms with Gasteiger partial charge in [-0.2, -0.15) is 0 Å². The molecule has 9 heteroatoms. The zero-order valence-electron chi connectivity index (χ0n) is 19.9. The number of rotatable bonds is 8. The highest BCUT2D eigenvalue weighted by molar-refractivity contribution is 7.09. The Balaban J connectivity index is 1.40. The van der Waals surface area contributed by atoms with Crippen LogP contribution in [0.2, 0.25) is 0 Å². The Bertz CT molecular complexity index is 1420. The third-order valence-electron chi connectivity index (χ3n) is 6.08. The van der Waals surface area contributed by atoms with E-state index in [0.717, 1.165) is 16.7 Å². The maximum absolute atomic E-state index is 13.7. The Morgan fingerprint density at radius 1 is 1.24 bits per heavy atom. The summed E-state index contributed by atoms with van der Waals surface area (Å²) >= 11 is 1.34. The smallest absolute Gasteiger partial charge is 0.290 e. The number of carbonyl (C=O) groups excluding carboxylic acids is 2. The first-order chi connectivity index (χ1) is 18.0. The Morgan fingerprint density at radius 3 is 2.84 bits per heavy atom. The topological polar surface area (TPSA) is 84.7 Å². The lowest BCUT2D eigenvalue weighted by Gasteiger charge is -2.37. The van der Waals surface area contributed by atoms with Gasteiger partial charge in [-0.1, -0.05) is 24.3 Å². The van der Waals surface area contributed by atoms with Crippen LogP contribution >= 0.6 is 11.3 Å². The van der Waals surface area contributed by atoms with Crippen molar-refractivity contribution >= 4 is 23.2 Å². The fourth-order valence-electron chi connectivity index (χ4n) is 4.33. The number of nitrogens with one attached hydrogen (secondary N) is 1. The number of hydrogen-bond donors (Lipinski definition) is 1. The molecule has 37 heavy (non-hydrogen) atoms. The minimum atomic E-state index is -0.439. The fraction of sp³-hybridized carbons (Fsp3) is 0.179. The van der Waals surface area contributed by atoms with Crippen LogP contribution in [0.1, 0.15) is 48.8 Å². The molecule has 7 nitrogen and oxygen atoms in total. The van der Waals surface area contributed by atoms with E-state index in [-0.39, 0.29) is 30.0 Å². The summed E-state index contributed by atoms with van der Waals surface area (Å²) in [6, 6.07) is 14.8. The zero-order chi connectivity index (χ0) is 25.8. The van der Waals surface area contributed by atoms with Crippen molar-refractivity contribution in [3.8, 4) is 5.75 Å². The molecule has 1 atom stereocenters. The number of hydrogen-bond acceptors (Lipinski definition) is 6. The standard InChI is InChI=1S/C28H24FN3O4S/c1-2-12-30-27(33)23-17-37-25(31-23)16-36-21-10-7-18-11-13-32(28(34)24-4-3-14-35-24)26(22(18)15-21)19-5-8-20(29)9-6-19/h2-10,14-15,17,26H,1,11-13,16H2,(H,30,33). The molecule has 1 N–H and O–H groups in total. The van der Waals surface area contributed by atoms with E-state index < -0.39 is 6.04 Å². The summed E-state index contributed by atoms with van der Waals surface area (Å²) in [4.78, 5) is 31.5. The van der Waals surface area contributed by atoms with E-state index in [0.29, 0.717) is 36.0 Å². The van der Waals surface area contributed by atoms with Crippen LogP contribution in [-0.2, 0) is 13.0 Å². The molecule has 0 fully saturated rings. The summed E-state index contributed by atoms with van der Waals surface area (Å²) in [5.74, 6) is 0.00781. The maximum atomic E-state index is 13.7. The number of ether oxygens (including phenoxy) is 1. The second-order valence-corrected chi connectivity index (χ2v) is 9.40. The largest absolute Gasteiger partial charge is 0.486 e. The Hall–Kier alpha value is -4.24. The average molecular weight is 518 g/mol. The van der Waals surface area contributed by atoms with E-state index in [4.69, 9.17) is 9.15 Å². The SMILES string of the molecule is C=CCNC(=O)c1csc(COc2ccc3c(c2)C(c2ccc(F)cc2)N(C(=O)c2ccco2)CC3)n1. The van der Waals surface area contributed by atoms with E-state index in [2.05, 4.69) is 16.9 Å². The molecule has 1 aliphatic heterocycles. The second-order valence-electron chi connectivity index (χ2n) is 8.45. The normalized spacial score (nSPS) is 14.6. The Labute approximate surface area is 217 Å². The third-order valence-corrected chi connectivity index (χ3v) is 6.90. The van der Waals surface area contributed by atoms with E-state index in [1.807, 2.05) is 18.2 Å². The van der Waals surface area contributed by atoms with Crippen molar-refractivity contribution in [2.24, 2.45) is 0 Å². The summed E-state index contributed by atoms with van der Waals surface area (Å²) in [5.41, 5.74) is 3.10. The zero-order valence-corrected chi connectivity index (χ0v) is 20.7. The highest BCUT2D eigenvalue weighted by atomic mass is 32.1. The van der Waals surface area contributed by atoms with Crippen LogP contribution in [0.5, 0.6) is 5.75 Å². The lowest BCUT2D eigenvalue weighted by molar-refractivity contribution is 0.0661. The molecule has 0 radical (unpaired) electrons. The van der Waals surface area contributed by atoms with E-state index in [1.54, 1.807) is 40.6 Å². The number of benzene rings is 2. The quantitative estimate of drug-likeness (QED) is 0.327. The van der Waals surface area contributed by atoms with Crippen LogP contribution < -0.4 is 10.1 Å². The number of amides is 2. The summed E-state index contributed by atoms with van der Waals surface area (Å²) in [6.07, 6.45) is 3.74. The monoisotopic (exact) mass is 517 g/mol. The van der Waals surface area contributed by atoms with Gasteiger partial charge < -0.3 is 19.4 Å². The first-order valence-corrected chi connectivity index (χ1v) is 12.6. The van der Waals surface area contributed by atoms with Gasteiger partial charge in [0.05, 0.1) is 12.3 Å². The maximum Gasteiger partial charge on any atom is 0.290 e. The molecular formula is C28H24FN3O4S. The molecule has 3 heterocycles. The summed E-state index contributed by atoms with van der Waals surface area (Å²) in [5, 5.41) is 5.05. The van der Waals surface area contributed by atoms with Crippen LogP contribution in [0.25, 0.3) is 0 Å². The fourth-order valence-corrected chi connectivity index (χ4v) is 5.02. The molecule has 4 aromatic rings. The van der Waals surface area contributed by atoms with Crippen molar-refractivity contribution in [3.63, 3.8) is 0 Å². The molecule has 0 aliphatic carbocycles. The number of aromatic nitrogens is 1. The molecular weight excluding hydrogens is 493 g/mol. The van der Waals surface area contributed by atoms with Crippen LogP contribution in [-0.4, -0.2) is 34.8 Å². The predicted molar refractivity (Wildman–Crippen MR) is 137 cm³/mol. The first kappa shape index (κ1) is 24.5. The van der Waals surface area contributed by atoms with Crippen molar-refractivity contribution < 1.29 is 23.1 Å². The molecule has 5 rings (SSSR count). The summed E-state index contributed by atoms with van der Waals surface area (Å²) < 4.78 is 25.1. The molecule has 0 saturated carbocycles. The van der Waals surface area contributed by atoms with E-state index in [1.165, 1.54) is 29.7 Å². The van der Waals surface area contributed by atoms with Gasteiger partial charge in [0.15, 0.2) is 5.76 Å². The number of halogens is 1. The minimum absolute atomic E-state index is 0.189. The summed E-state index contributed by atoms with van der Waals surface area (Å²) in [7, 11) is 0. The number of fused-ring (bicyclic) bond motifs is 1. The minimum Gasteiger partial charge on any atom is -0.486 e. The van der Waals surface area contributed by atoms with Gasteiger partial charge in [0.1, 0.15) is 28.9 Å². The first-order valence-electron chi connectivity index (χ1n) is 11.7. The summed E-state index contributed by atoms with van der Waals surface area (Å²) in [6.45, 7) is 4.63. The number of nitrogens with zero attached hydrogens (tertiary/aromatic N) is 2. The van der Waals surface area contributed by atoms with Crippen LogP contribution in [0, 0.1) is 5.82 Å². The van der Waals surface area contributed by atoms with Gasteiger partial charge in [-0.3, -0.25) is 9.59 Å². The molecule has 0 spiro atoms. The van der Waals surface area contributed by atoms with Gasteiger partial charge in [0.2, 0.25) is 0 Å². The second kappa shape index (κ2) is 10.8. The molecule has 0 bridgehead atoms. The molecule has 0 saturated heterocycles. The van der Waals surface area contributed by atoms with Crippen molar-refractivity contribution in [1.82, 2.24) is 15.2 Å². The average Bonchev–Trinajstić information content (AvgIpc) is 3.63. The van der Waals surface area contributed by atoms with Crippen molar-refractivity contribution in [3.05, 3.63) is 118 Å². The predicted octanol–water partition coefficient (Wildman–Crippen LogP) is 5.16. The molecule has 2 aromatic carbocycles.